The van der Waals surface area contributed by atoms with Gasteiger partial charge in [0.15, 0.2) is 0 Å². The summed E-state index contributed by atoms with van der Waals surface area (Å²) in [7, 11) is -4.59. The molecule has 0 saturated heterocycles. The highest BCUT2D eigenvalue weighted by atomic mass is 31.2. The van der Waals surface area contributed by atoms with Gasteiger partial charge >= 0.3 is 14.0 Å². The Morgan fingerprint density at radius 3 is 2.31 bits per heavy atom. The van der Waals surface area contributed by atoms with E-state index in [0.717, 1.165) is 36.8 Å². The molecule has 0 aromatic heterocycles. The van der Waals surface area contributed by atoms with Crippen LogP contribution >= 0.6 is 7.82 Å². The Labute approximate surface area is 245 Å². The minimum atomic E-state index is -4.59. The predicted octanol–water partition coefficient (Wildman–Crippen LogP) is 9.48. The molecule has 2 N–H and O–H groups in total. The van der Waals surface area contributed by atoms with Gasteiger partial charge in [0.2, 0.25) is 0 Å². The number of hydrogen-bond acceptors (Lipinski definition) is 3. The number of rotatable bonds is 9. The maximum absolute atomic E-state index is 14.4. The zero-order valence-electron chi connectivity index (χ0n) is 24.0. The van der Waals surface area contributed by atoms with Crippen LogP contribution in [0.1, 0.15) is 99.3 Å². The largest absolute Gasteiger partial charge is 0.490 e. The first-order chi connectivity index (χ1) is 19.9. The summed E-state index contributed by atoms with van der Waals surface area (Å²) in [5, 5.41) is 0.676. The second-order valence-corrected chi connectivity index (χ2v) is 13.5. The van der Waals surface area contributed by atoms with Gasteiger partial charge in [-0.2, -0.15) is 13.2 Å². The molecule has 2 saturated carbocycles. The fourth-order valence-electron chi connectivity index (χ4n) is 6.96. The number of aryl methyl sites for hydroxylation is 1. The molecule has 1 atom stereocenters. The summed E-state index contributed by atoms with van der Waals surface area (Å²) in [6.07, 6.45) is 6.57. The summed E-state index contributed by atoms with van der Waals surface area (Å²) in [5.74, 6) is -0.0284. The summed E-state index contributed by atoms with van der Waals surface area (Å²) in [5.41, 5.74) is 2.22. The fourth-order valence-corrected chi connectivity index (χ4v) is 7.27. The van der Waals surface area contributed by atoms with Gasteiger partial charge in [0, 0.05) is 0 Å². The molecule has 9 heteroatoms. The van der Waals surface area contributed by atoms with E-state index >= 15 is 0 Å². The smallest absolute Gasteiger partial charge is 0.469 e. The van der Waals surface area contributed by atoms with Crippen LogP contribution in [0.5, 0.6) is 5.75 Å². The van der Waals surface area contributed by atoms with Crippen LogP contribution in [0, 0.1) is 5.41 Å². The van der Waals surface area contributed by atoms with Gasteiger partial charge in [-0.25, -0.2) is 4.57 Å². The van der Waals surface area contributed by atoms with Crippen LogP contribution in [-0.4, -0.2) is 15.9 Å². The molecule has 1 unspecified atom stereocenters. The van der Waals surface area contributed by atoms with Crippen molar-refractivity contribution in [2.45, 2.75) is 102 Å². The molecule has 2 fully saturated rings. The van der Waals surface area contributed by atoms with Crippen molar-refractivity contribution in [3.8, 4) is 5.75 Å². The van der Waals surface area contributed by atoms with E-state index in [4.69, 9.17) is 14.5 Å². The maximum Gasteiger partial charge on any atom is 0.469 e. The van der Waals surface area contributed by atoms with Gasteiger partial charge in [-0.15, -0.1) is 0 Å². The molecule has 0 radical (unpaired) electrons. The molecule has 0 heterocycles. The number of phosphoric ester groups is 1. The number of halogens is 3. The highest BCUT2D eigenvalue weighted by Gasteiger charge is 2.40. The van der Waals surface area contributed by atoms with Crippen molar-refractivity contribution in [1.29, 1.82) is 0 Å². The summed E-state index contributed by atoms with van der Waals surface area (Å²) >= 11 is 0. The standard InChI is InChI=1S/C33H40F3O5P/c1-23(9-10-24-7-3-4-8-27(24)22-40-42(37,38)39)25-11-13-29-26(21-25)12-14-30(31(29)33(34,35)36)41-28-15-19-32(20-16-28)17-5-2-6-18-32/h3-4,7-8,11-14,21,23,28H,2,5-6,9-10,15-20,22H2,1H3,(H2,37,38,39). The van der Waals surface area contributed by atoms with E-state index in [1.807, 2.05) is 25.1 Å². The Morgan fingerprint density at radius 2 is 1.64 bits per heavy atom. The average Bonchev–Trinajstić information content (AvgIpc) is 2.95. The normalized spacial score (nSPS) is 18.8. The molecule has 0 amide bonds. The van der Waals surface area contributed by atoms with Crippen molar-refractivity contribution >= 4 is 18.6 Å². The molecule has 5 nitrogen and oxygen atoms in total. The third-order valence-corrected chi connectivity index (χ3v) is 9.88. The minimum absolute atomic E-state index is 0.0461. The lowest BCUT2D eigenvalue weighted by molar-refractivity contribution is -0.138. The van der Waals surface area contributed by atoms with Crippen LogP contribution in [0.4, 0.5) is 13.2 Å². The van der Waals surface area contributed by atoms with E-state index in [1.54, 1.807) is 30.3 Å². The SMILES string of the molecule is CC(CCc1ccccc1COP(=O)(O)O)c1ccc2c(C(F)(F)F)c(OC3CCC4(CCCCC4)CC3)ccc2c1. The molecular weight excluding hydrogens is 564 g/mol. The van der Waals surface area contributed by atoms with Gasteiger partial charge < -0.3 is 14.5 Å². The van der Waals surface area contributed by atoms with Gasteiger partial charge in [-0.05, 0) is 96.2 Å². The first kappa shape index (κ1) is 31.1. The summed E-state index contributed by atoms with van der Waals surface area (Å²) in [6.45, 7) is 1.83. The summed E-state index contributed by atoms with van der Waals surface area (Å²) in [6, 6.07) is 15.7. The highest BCUT2D eigenvalue weighted by molar-refractivity contribution is 7.46. The molecule has 0 aliphatic heterocycles. The molecule has 3 aromatic carbocycles. The quantitative estimate of drug-likeness (QED) is 0.238. The van der Waals surface area contributed by atoms with Crippen LogP contribution in [0.2, 0.25) is 0 Å². The Hall–Kier alpha value is -2.38. The molecular formula is C33H40F3O5P. The van der Waals surface area contributed by atoms with E-state index in [-0.39, 0.29) is 29.8 Å². The van der Waals surface area contributed by atoms with E-state index in [1.165, 1.54) is 38.2 Å². The second-order valence-electron chi connectivity index (χ2n) is 12.3. The van der Waals surface area contributed by atoms with Crippen molar-refractivity contribution in [2.75, 3.05) is 0 Å². The molecule has 2 aliphatic carbocycles. The van der Waals surface area contributed by atoms with E-state index in [9.17, 15) is 17.7 Å². The topological polar surface area (TPSA) is 76.0 Å². The van der Waals surface area contributed by atoms with E-state index < -0.39 is 19.6 Å². The Balaban J connectivity index is 1.30. The number of benzene rings is 3. The van der Waals surface area contributed by atoms with Gasteiger partial charge in [0.25, 0.3) is 0 Å². The van der Waals surface area contributed by atoms with Gasteiger partial charge in [-0.1, -0.05) is 74.7 Å². The van der Waals surface area contributed by atoms with Crippen LogP contribution < -0.4 is 4.74 Å². The first-order valence-corrected chi connectivity index (χ1v) is 16.5. The highest BCUT2D eigenvalue weighted by Crippen LogP contribution is 2.49. The molecule has 0 bridgehead atoms. The molecule has 1 spiro atoms. The first-order valence-electron chi connectivity index (χ1n) is 15.0. The van der Waals surface area contributed by atoms with Gasteiger partial charge in [-0.3, -0.25) is 4.52 Å². The van der Waals surface area contributed by atoms with Crippen molar-refractivity contribution in [1.82, 2.24) is 0 Å². The molecule has 42 heavy (non-hydrogen) atoms. The minimum Gasteiger partial charge on any atom is -0.490 e. The van der Waals surface area contributed by atoms with Crippen LogP contribution in [0.15, 0.2) is 54.6 Å². The Morgan fingerprint density at radius 1 is 0.952 bits per heavy atom. The number of phosphoric acid groups is 1. The average molecular weight is 605 g/mol. The summed E-state index contributed by atoms with van der Waals surface area (Å²) in [4.78, 5) is 18.1. The third kappa shape index (κ3) is 7.57. The van der Waals surface area contributed by atoms with Crippen molar-refractivity contribution in [2.24, 2.45) is 5.41 Å². The van der Waals surface area contributed by atoms with Crippen LogP contribution in [0.25, 0.3) is 10.8 Å². The number of ether oxygens (including phenoxy) is 1. The molecule has 5 rings (SSSR count). The number of alkyl halides is 3. The van der Waals surface area contributed by atoms with E-state index in [0.29, 0.717) is 29.2 Å². The monoisotopic (exact) mass is 604 g/mol. The van der Waals surface area contributed by atoms with Crippen molar-refractivity contribution in [3.05, 3.63) is 76.9 Å². The fraction of sp³-hybridized carbons (Fsp3) is 0.515. The predicted molar refractivity (Wildman–Crippen MR) is 157 cm³/mol. The van der Waals surface area contributed by atoms with E-state index in [2.05, 4.69) is 4.52 Å². The number of hydrogen-bond donors (Lipinski definition) is 2. The van der Waals surface area contributed by atoms with Crippen LogP contribution in [0.3, 0.4) is 0 Å². The van der Waals surface area contributed by atoms with Crippen LogP contribution in [-0.2, 0) is 28.3 Å². The van der Waals surface area contributed by atoms with Gasteiger partial charge in [0.1, 0.15) is 11.3 Å². The number of fused-ring (bicyclic) bond motifs is 1. The summed E-state index contributed by atoms with van der Waals surface area (Å²) < 4.78 is 65.2. The molecule has 228 valence electrons. The molecule has 2 aliphatic rings. The lowest BCUT2D eigenvalue weighted by Gasteiger charge is -2.43. The lowest BCUT2D eigenvalue weighted by atomic mass is 9.65. The Bertz CT molecular complexity index is 1420. The third-order valence-electron chi connectivity index (χ3n) is 9.41. The second kappa shape index (κ2) is 12.7. The van der Waals surface area contributed by atoms with Gasteiger partial charge in [0.05, 0.1) is 12.7 Å². The Kier molecular flexibility index (Phi) is 9.39. The lowest BCUT2D eigenvalue weighted by Crippen LogP contribution is -2.34. The zero-order chi connectivity index (χ0) is 30.0. The van der Waals surface area contributed by atoms with Crippen molar-refractivity contribution < 1.29 is 36.8 Å². The zero-order valence-corrected chi connectivity index (χ0v) is 24.9. The maximum atomic E-state index is 14.4. The molecule has 3 aromatic rings. The van der Waals surface area contributed by atoms with Crippen molar-refractivity contribution in [3.63, 3.8) is 0 Å².